The summed E-state index contributed by atoms with van der Waals surface area (Å²) in [5, 5.41) is 0.942. The Morgan fingerprint density at radius 3 is 1.49 bits per heavy atom. The average molecular weight is 742 g/mol. The van der Waals surface area contributed by atoms with Crippen LogP contribution in [0, 0.1) is 0 Å². The Morgan fingerprint density at radius 1 is 0.281 bits per heavy atom. The van der Waals surface area contributed by atoms with Crippen molar-refractivity contribution in [3.63, 3.8) is 0 Å². The molecule has 0 bridgehead atoms. The molecule has 12 rings (SSSR count). The van der Waals surface area contributed by atoms with Gasteiger partial charge in [-0.25, -0.2) is 0 Å². The van der Waals surface area contributed by atoms with Gasteiger partial charge in [0.1, 0.15) is 0 Å². The first-order valence-corrected chi connectivity index (χ1v) is 18.3. The summed E-state index contributed by atoms with van der Waals surface area (Å²) in [4.78, 5) is 0. The van der Waals surface area contributed by atoms with E-state index in [1.165, 1.54) is 9.13 Å². The van der Waals surface area contributed by atoms with E-state index >= 15 is 0 Å². The number of rotatable bonds is 5. The molecular weight excluding hydrogens is 691 g/mol. The first kappa shape index (κ1) is 19.8. The van der Waals surface area contributed by atoms with Crippen molar-refractivity contribution in [2.24, 2.45) is 0 Å². The highest BCUT2D eigenvalue weighted by atomic mass is 15.0. The predicted octanol–water partition coefficient (Wildman–Crippen LogP) is 14.3. The van der Waals surface area contributed by atoms with Crippen LogP contribution in [0.1, 0.15) is 21.9 Å². The van der Waals surface area contributed by atoms with Gasteiger partial charge in [-0.1, -0.05) is 127 Å². The van der Waals surface area contributed by atoms with Crippen LogP contribution in [-0.4, -0.2) is 13.7 Å². The van der Waals surface area contributed by atoms with Gasteiger partial charge in [0.15, 0.2) is 0 Å². The summed E-state index contributed by atoms with van der Waals surface area (Å²) in [6.45, 7) is 0. The van der Waals surface area contributed by atoms with Gasteiger partial charge in [-0.05, 0) is 107 Å². The standard InChI is InChI=1S/C54H35N3/c1-3-14-36(15-4-1)37-16-13-19-41(32-37)56-50-24-11-7-20-43(50)46-33-38(26-29-52(46)56)39-27-30-53-47(34-39)44-21-8-12-25-51(44)57(53)42-28-31-54-48(35-42)45-22-9-10-23-49(45)55(54)40-17-5-2-6-18-40/h1-35H/i1D,2D,7D,8D,11D,12D,20D,21D,24D,25D,26D,27D,29D,30D,33D,34D. The van der Waals surface area contributed by atoms with Gasteiger partial charge in [-0.15, -0.1) is 0 Å². The minimum atomic E-state index is -0.649. The van der Waals surface area contributed by atoms with Crippen molar-refractivity contribution in [1.29, 1.82) is 0 Å². The molecule has 3 heterocycles. The summed E-state index contributed by atoms with van der Waals surface area (Å²) in [6, 6.07) is 26.5. The largest absolute Gasteiger partial charge is 0.309 e. The summed E-state index contributed by atoms with van der Waals surface area (Å²) in [5.41, 5.74) is 3.20. The van der Waals surface area contributed by atoms with Crippen LogP contribution in [0.4, 0.5) is 0 Å². The van der Waals surface area contributed by atoms with Crippen LogP contribution in [0.2, 0.25) is 0 Å². The third-order valence-electron chi connectivity index (χ3n) is 10.6. The fourth-order valence-corrected chi connectivity index (χ4v) is 8.10. The van der Waals surface area contributed by atoms with Crippen LogP contribution in [-0.2, 0) is 0 Å². The highest BCUT2D eigenvalue weighted by Crippen LogP contribution is 2.40. The minimum absolute atomic E-state index is 0.0839. The van der Waals surface area contributed by atoms with E-state index in [9.17, 15) is 13.7 Å². The minimum Gasteiger partial charge on any atom is -0.309 e. The lowest BCUT2D eigenvalue weighted by Gasteiger charge is -2.11. The second-order valence-electron chi connectivity index (χ2n) is 13.7. The van der Waals surface area contributed by atoms with Crippen LogP contribution >= 0.6 is 0 Å². The Kier molecular flexibility index (Phi) is 4.33. The number of hydrogen-bond donors (Lipinski definition) is 0. The molecule has 266 valence electrons. The summed E-state index contributed by atoms with van der Waals surface area (Å²) in [5.74, 6) is 0. The van der Waals surface area contributed by atoms with Crippen molar-refractivity contribution >= 4 is 65.4 Å². The van der Waals surface area contributed by atoms with Crippen LogP contribution < -0.4 is 0 Å². The number of hydrogen-bond acceptors (Lipinski definition) is 0. The van der Waals surface area contributed by atoms with Crippen molar-refractivity contribution < 1.29 is 21.9 Å². The normalized spacial score (nSPS) is 15.8. The first-order valence-electron chi connectivity index (χ1n) is 26.3. The van der Waals surface area contributed by atoms with Crippen molar-refractivity contribution in [1.82, 2.24) is 13.7 Å². The molecule has 0 radical (unpaired) electrons. The molecule has 0 aliphatic rings. The maximum absolute atomic E-state index is 10.00. The van der Waals surface area contributed by atoms with E-state index < -0.39 is 95.7 Å². The molecule has 3 heteroatoms. The first-order chi connectivity index (χ1) is 34.9. The molecule has 0 saturated heterocycles. The molecule has 3 aromatic heterocycles. The molecule has 3 nitrogen and oxygen atoms in total. The number of nitrogens with zero attached hydrogens (tertiary/aromatic N) is 3. The van der Waals surface area contributed by atoms with Gasteiger partial charge < -0.3 is 13.7 Å². The fraction of sp³-hybridized carbons (Fsp3) is 0. The van der Waals surface area contributed by atoms with Gasteiger partial charge in [0, 0.05) is 49.4 Å². The van der Waals surface area contributed by atoms with Crippen LogP contribution in [0.15, 0.2) is 212 Å². The Morgan fingerprint density at radius 2 is 0.807 bits per heavy atom. The second-order valence-corrected chi connectivity index (χ2v) is 13.7. The van der Waals surface area contributed by atoms with Gasteiger partial charge in [-0.2, -0.15) is 0 Å². The summed E-state index contributed by atoms with van der Waals surface area (Å²) >= 11 is 0. The van der Waals surface area contributed by atoms with Crippen LogP contribution in [0.3, 0.4) is 0 Å². The Bertz CT molecular complexity index is 4440. The SMILES string of the molecule is [2H]c1ccc(-c2cccc(-n3c4c([2H])c([2H])c([2H])c([2H])c4c4c([2H])c(-c5c([2H])c([2H])c6c(c5[2H])c5c([2H])c([2H])c([2H])c([2H])c5n6-c5ccc6c(c5)c5ccccc5n6-c5ccc([2H])cc5)c([2H])c([2H])c43)c2)cc1. The zero-order valence-electron chi connectivity index (χ0n) is 45.8. The van der Waals surface area contributed by atoms with E-state index in [1.807, 2.05) is 59.2 Å². The molecule has 0 N–H and O–H groups in total. The Hall–Kier alpha value is -7.62. The molecule has 12 aromatic rings. The molecule has 0 saturated carbocycles. The number of para-hydroxylation sites is 4. The molecule has 0 amide bonds. The molecule has 0 unspecified atom stereocenters. The zero-order chi connectivity index (χ0) is 51.4. The van der Waals surface area contributed by atoms with Gasteiger partial charge in [0.2, 0.25) is 0 Å². The van der Waals surface area contributed by atoms with Crippen LogP contribution in [0.25, 0.3) is 105 Å². The maximum Gasteiger partial charge on any atom is 0.0645 e. The quantitative estimate of drug-likeness (QED) is 0.167. The fourth-order valence-electron chi connectivity index (χ4n) is 8.10. The van der Waals surface area contributed by atoms with Gasteiger partial charge in [0.25, 0.3) is 0 Å². The zero-order valence-corrected chi connectivity index (χ0v) is 29.8. The van der Waals surface area contributed by atoms with Crippen molar-refractivity contribution in [3.8, 4) is 39.3 Å². The second kappa shape index (κ2) is 12.5. The molecule has 0 spiro atoms. The van der Waals surface area contributed by atoms with E-state index in [4.69, 9.17) is 8.22 Å². The van der Waals surface area contributed by atoms with Crippen molar-refractivity contribution in [3.05, 3.63) is 212 Å². The van der Waals surface area contributed by atoms with Crippen molar-refractivity contribution in [2.45, 2.75) is 0 Å². The summed E-state index contributed by atoms with van der Waals surface area (Å²) in [7, 11) is 0. The molecule has 9 aromatic carbocycles. The molecular formula is C54H35N3. The smallest absolute Gasteiger partial charge is 0.0645 e. The molecule has 0 aliphatic heterocycles. The highest BCUT2D eigenvalue weighted by molar-refractivity contribution is 6.14. The maximum atomic E-state index is 10.00. The molecule has 0 aliphatic carbocycles. The van der Waals surface area contributed by atoms with E-state index in [2.05, 4.69) is 0 Å². The lowest BCUT2D eigenvalue weighted by Crippen LogP contribution is -1.95. The lowest BCUT2D eigenvalue weighted by molar-refractivity contribution is 1.17. The third kappa shape index (κ3) is 4.86. The van der Waals surface area contributed by atoms with E-state index in [1.54, 1.807) is 60.7 Å². The molecule has 0 fully saturated rings. The van der Waals surface area contributed by atoms with E-state index in [0.29, 0.717) is 29.0 Å². The highest BCUT2D eigenvalue weighted by Gasteiger charge is 2.18. The molecule has 0 atom stereocenters. The third-order valence-corrected chi connectivity index (χ3v) is 10.6. The average Bonchev–Trinajstić information content (AvgIpc) is 4.06. The Labute approximate surface area is 352 Å². The monoisotopic (exact) mass is 741 g/mol. The Balaban J connectivity index is 1.18. The topological polar surface area (TPSA) is 14.8 Å². The van der Waals surface area contributed by atoms with E-state index in [-0.39, 0.29) is 43.6 Å². The molecule has 57 heavy (non-hydrogen) atoms. The lowest BCUT2D eigenvalue weighted by atomic mass is 10.0. The predicted molar refractivity (Wildman–Crippen MR) is 240 cm³/mol. The van der Waals surface area contributed by atoms with Crippen LogP contribution in [0.5, 0.6) is 0 Å². The summed E-state index contributed by atoms with van der Waals surface area (Å²) < 4.78 is 152. The van der Waals surface area contributed by atoms with Crippen molar-refractivity contribution in [2.75, 3.05) is 0 Å². The van der Waals surface area contributed by atoms with Gasteiger partial charge in [0.05, 0.1) is 55.0 Å². The van der Waals surface area contributed by atoms with Gasteiger partial charge in [-0.3, -0.25) is 0 Å². The van der Waals surface area contributed by atoms with Gasteiger partial charge >= 0.3 is 0 Å². The number of fused-ring (bicyclic) bond motifs is 9. The van der Waals surface area contributed by atoms with E-state index in [0.717, 1.165) is 33.1 Å². The summed E-state index contributed by atoms with van der Waals surface area (Å²) in [6.07, 6.45) is 0. The number of aromatic nitrogens is 3. The number of benzene rings is 9.